The quantitative estimate of drug-likeness (QED) is 0.507. The van der Waals surface area contributed by atoms with Gasteiger partial charge in [0.05, 0.1) is 0 Å². The van der Waals surface area contributed by atoms with E-state index in [4.69, 9.17) is 5.21 Å². The molecule has 5 heteroatoms. The summed E-state index contributed by atoms with van der Waals surface area (Å²) in [6.45, 7) is 1.90. The first kappa shape index (κ1) is 14.5. The summed E-state index contributed by atoms with van der Waals surface area (Å²) in [4.78, 5) is 12.6. The summed E-state index contributed by atoms with van der Waals surface area (Å²) in [7, 11) is 0. The summed E-state index contributed by atoms with van der Waals surface area (Å²) in [6.07, 6.45) is 0. The maximum atomic E-state index is 11.2. The molecule has 2 N–H and O–H groups in total. The van der Waals surface area contributed by atoms with Crippen molar-refractivity contribution in [1.29, 1.82) is 0 Å². The van der Waals surface area contributed by atoms with Gasteiger partial charge in [-0.25, -0.2) is 11.3 Å². The number of aryl methyl sites for hydroxylation is 1. The zero-order valence-electron chi connectivity index (χ0n) is 9.23. The van der Waals surface area contributed by atoms with E-state index in [-0.39, 0.29) is 32.7 Å². The van der Waals surface area contributed by atoms with Crippen LogP contribution in [-0.4, -0.2) is 11.1 Å². The second-order valence-corrected chi connectivity index (χ2v) is 4.34. The second kappa shape index (κ2) is 6.40. The van der Waals surface area contributed by atoms with Crippen LogP contribution >= 0.6 is 11.3 Å². The summed E-state index contributed by atoms with van der Waals surface area (Å²) in [6, 6.07) is 12.7. The van der Waals surface area contributed by atoms with E-state index in [1.165, 1.54) is 11.3 Å². The molecule has 0 saturated heterocycles. The van der Waals surface area contributed by atoms with E-state index >= 15 is 0 Å². The minimum absolute atomic E-state index is 0. The molecule has 2 aromatic rings. The summed E-state index contributed by atoms with van der Waals surface area (Å²) >= 11 is 1.32. The topological polar surface area (TPSA) is 49.3 Å². The van der Waals surface area contributed by atoms with Gasteiger partial charge in [-0.3, -0.25) is 5.48 Å². The van der Waals surface area contributed by atoms with Crippen molar-refractivity contribution in [3.8, 4) is 10.4 Å². The van der Waals surface area contributed by atoms with Crippen LogP contribution in [0.1, 0.15) is 15.2 Å². The van der Waals surface area contributed by atoms with Crippen molar-refractivity contribution in [3.63, 3.8) is 0 Å². The monoisotopic (exact) mass is 321 g/mol. The number of amides is 1. The fraction of sp³-hybridized carbons (Fsp3) is 0.0833. The van der Waals surface area contributed by atoms with Gasteiger partial charge in [-0.05, 0) is 4.88 Å². The Morgan fingerprint density at radius 1 is 1.35 bits per heavy atom. The van der Waals surface area contributed by atoms with Crippen LogP contribution in [0.2, 0.25) is 0 Å². The molecule has 85 valence electrons. The van der Waals surface area contributed by atoms with Crippen LogP contribution in [0.4, 0.5) is 0 Å². The molecular formula is C12H10NO2SY-. The Balaban J connectivity index is 0.00000144. The summed E-state index contributed by atoms with van der Waals surface area (Å²) in [5, 5.41) is 8.55. The number of carbonyl (C=O) groups is 1. The predicted octanol–water partition coefficient (Wildman–Crippen LogP) is 2.64. The molecule has 0 saturated carbocycles. The molecule has 1 heterocycles. The number of hydroxylamine groups is 1. The zero-order valence-corrected chi connectivity index (χ0v) is 12.9. The number of hydrogen-bond acceptors (Lipinski definition) is 3. The number of thiophene rings is 1. The summed E-state index contributed by atoms with van der Waals surface area (Å²) in [5.41, 5.74) is 3.58. The number of nitrogens with one attached hydrogen (secondary N) is 1. The van der Waals surface area contributed by atoms with Gasteiger partial charge in [0.15, 0.2) is 5.91 Å². The van der Waals surface area contributed by atoms with Crippen LogP contribution in [-0.2, 0) is 32.7 Å². The molecule has 3 nitrogen and oxygen atoms in total. The van der Waals surface area contributed by atoms with Crippen LogP contribution in [0.15, 0.2) is 30.3 Å². The molecule has 1 amide bonds. The molecule has 2 rings (SSSR count). The maximum Gasteiger partial charge on any atom is 0.179 e. The van der Waals surface area contributed by atoms with Gasteiger partial charge in [0, 0.05) is 32.7 Å². The Morgan fingerprint density at radius 2 is 2.00 bits per heavy atom. The van der Waals surface area contributed by atoms with E-state index < -0.39 is 5.91 Å². The second-order valence-electron chi connectivity index (χ2n) is 3.32. The molecule has 0 atom stereocenters. The average molecular weight is 321 g/mol. The molecule has 17 heavy (non-hydrogen) atoms. The van der Waals surface area contributed by atoms with Crippen molar-refractivity contribution in [2.24, 2.45) is 0 Å². The number of rotatable bonds is 2. The van der Waals surface area contributed by atoms with Gasteiger partial charge in [-0.1, -0.05) is 47.7 Å². The molecule has 0 fully saturated rings. The molecule has 0 spiro atoms. The SMILES string of the molecule is Cc1[c-]c(C(=O)NO)sc1-c1ccccc1.[Y]. The normalized spacial score (nSPS) is 9.53. The van der Waals surface area contributed by atoms with E-state index in [2.05, 4.69) is 6.07 Å². The van der Waals surface area contributed by atoms with Crippen LogP contribution < -0.4 is 5.48 Å². The van der Waals surface area contributed by atoms with Gasteiger partial charge in [0.1, 0.15) is 0 Å². The van der Waals surface area contributed by atoms with Crippen molar-refractivity contribution in [1.82, 2.24) is 5.48 Å². The maximum absolute atomic E-state index is 11.2. The van der Waals surface area contributed by atoms with E-state index in [0.29, 0.717) is 4.88 Å². The van der Waals surface area contributed by atoms with Crippen LogP contribution in [0.25, 0.3) is 10.4 Å². The van der Waals surface area contributed by atoms with Crippen molar-refractivity contribution in [3.05, 3.63) is 46.8 Å². The fourth-order valence-corrected chi connectivity index (χ4v) is 2.45. The Labute approximate surface area is 129 Å². The van der Waals surface area contributed by atoms with Gasteiger partial charge >= 0.3 is 0 Å². The van der Waals surface area contributed by atoms with Crippen LogP contribution in [0.3, 0.4) is 0 Å². The minimum Gasteiger partial charge on any atom is -0.343 e. The van der Waals surface area contributed by atoms with Gasteiger partial charge in [0.25, 0.3) is 0 Å². The molecular weight excluding hydrogens is 311 g/mol. The van der Waals surface area contributed by atoms with Gasteiger partial charge < -0.3 is 10.0 Å². The van der Waals surface area contributed by atoms with Gasteiger partial charge in [-0.15, -0.1) is 5.56 Å². The molecule has 0 aliphatic heterocycles. The standard InChI is InChI=1S/C12H10NO2S.Y/c1-8-7-10(12(14)13-15)16-11(8)9-5-3-2-4-6-9;/h2-6,15H,1H3,(H,13,14);/q-1;. The molecule has 1 aromatic carbocycles. The molecule has 1 radical (unpaired) electrons. The van der Waals surface area contributed by atoms with Crippen molar-refractivity contribution in [2.75, 3.05) is 0 Å². The van der Waals surface area contributed by atoms with Gasteiger partial charge in [-0.2, -0.15) is 6.07 Å². The predicted molar refractivity (Wildman–Crippen MR) is 62.6 cm³/mol. The Bertz CT molecular complexity index is 510. The minimum atomic E-state index is -0.518. The first-order chi connectivity index (χ1) is 7.72. The smallest absolute Gasteiger partial charge is 0.179 e. The number of benzene rings is 1. The third-order valence-corrected chi connectivity index (χ3v) is 3.43. The third-order valence-electron chi connectivity index (χ3n) is 2.19. The number of carbonyl (C=O) groups excluding carboxylic acids is 1. The molecule has 1 aromatic heterocycles. The Hall–Kier alpha value is -0.546. The van der Waals surface area contributed by atoms with Crippen molar-refractivity contribution >= 4 is 17.2 Å². The van der Waals surface area contributed by atoms with E-state index in [0.717, 1.165) is 16.0 Å². The molecule has 0 aliphatic rings. The third kappa shape index (κ3) is 3.22. The molecule has 0 unspecified atom stereocenters. The van der Waals surface area contributed by atoms with Crippen LogP contribution in [0, 0.1) is 13.0 Å². The molecule has 0 bridgehead atoms. The van der Waals surface area contributed by atoms with Crippen molar-refractivity contribution < 1.29 is 42.7 Å². The van der Waals surface area contributed by atoms with Crippen molar-refractivity contribution in [2.45, 2.75) is 6.92 Å². The summed E-state index contributed by atoms with van der Waals surface area (Å²) in [5.74, 6) is -0.518. The summed E-state index contributed by atoms with van der Waals surface area (Å²) < 4.78 is 0. The van der Waals surface area contributed by atoms with E-state index in [1.807, 2.05) is 37.3 Å². The zero-order chi connectivity index (χ0) is 11.5. The average Bonchev–Trinajstić information content (AvgIpc) is 2.71. The van der Waals surface area contributed by atoms with Crippen LogP contribution in [0.5, 0.6) is 0 Å². The fourth-order valence-electron chi connectivity index (χ4n) is 1.45. The Kier molecular flexibility index (Phi) is 5.47. The largest absolute Gasteiger partial charge is 0.343 e. The van der Waals surface area contributed by atoms with E-state index in [9.17, 15) is 4.79 Å². The molecule has 0 aliphatic carbocycles. The number of hydrogen-bond donors (Lipinski definition) is 2. The first-order valence-corrected chi connectivity index (χ1v) is 5.56. The van der Waals surface area contributed by atoms with Gasteiger partial charge in [0.2, 0.25) is 0 Å². The van der Waals surface area contributed by atoms with E-state index in [1.54, 1.807) is 5.48 Å². The Morgan fingerprint density at radius 3 is 2.59 bits per heavy atom. The first-order valence-electron chi connectivity index (χ1n) is 4.75.